The fourth-order valence-corrected chi connectivity index (χ4v) is 3.72. The van der Waals surface area contributed by atoms with Crippen LogP contribution in [0.2, 0.25) is 0 Å². The fourth-order valence-electron chi connectivity index (χ4n) is 3.50. The van der Waals surface area contributed by atoms with E-state index in [0.29, 0.717) is 23.7 Å². The molecule has 0 saturated heterocycles. The second-order valence-electron chi connectivity index (χ2n) is 7.62. The summed E-state index contributed by atoms with van der Waals surface area (Å²) in [6, 6.07) is 13.4. The summed E-state index contributed by atoms with van der Waals surface area (Å²) in [6.45, 7) is 4.75. The van der Waals surface area contributed by atoms with Gasteiger partial charge in [0.25, 0.3) is 0 Å². The lowest BCUT2D eigenvalue weighted by Gasteiger charge is -2.09. The van der Waals surface area contributed by atoms with Crippen LogP contribution in [0.15, 0.2) is 48.7 Å². The third-order valence-corrected chi connectivity index (χ3v) is 5.51. The van der Waals surface area contributed by atoms with Gasteiger partial charge in [-0.1, -0.05) is 6.07 Å². The van der Waals surface area contributed by atoms with Gasteiger partial charge < -0.3 is 10.1 Å². The highest BCUT2D eigenvalue weighted by atomic mass is 32.1. The van der Waals surface area contributed by atoms with Gasteiger partial charge in [0.1, 0.15) is 5.75 Å². The Morgan fingerprint density at radius 2 is 1.97 bits per heavy atom. The van der Waals surface area contributed by atoms with Crippen molar-refractivity contribution < 1.29 is 9.53 Å². The smallest absolute Gasteiger partial charge is 0.222 e. The summed E-state index contributed by atoms with van der Waals surface area (Å²) in [4.78, 5) is 16.9. The summed E-state index contributed by atoms with van der Waals surface area (Å²) >= 11 is 5.35. The number of pyridine rings is 1. The molecule has 0 unspecified atom stereocenters. The normalized spacial score (nSPS) is 10.9. The van der Waals surface area contributed by atoms with E-state index in [4.69, 9.17) is 17.0 Å². The summed E-state index contributed by atoms with van der Waals surface area (Å²) in [5, 5.41) is 14.5. The lowest BCUT2D eigenvalue weighted by molar-refractivity contribution is -0.121. The third kappa shape index (κ3) is 5.17. The van der Waals surface area contributed by atoms with Crippen LogP contribution in [0, 0.1) is 18.6 Å². The molecule has 9 nitrogen and oxygen atoms in total. The van der Waals surface area contributed by atoms with Crippen LogP contribution < -0.4 is 10.1 Å². The summed E-state index contributed by atoms with van der Waals surface area (Å²) < 4.78 is 9.29. The maximum atomic E-state index is 12.4. The molecule has 0 atom stereocenters. The van der Waals surface area contributed by atoms with Crippen molar-refractivity contribution in [2.75, 3.05) is 7.11 Å². The van der Waals surface area contributed by atoms with E-state index in [1.54, 1.807) is 18.0 Å². The molecule has 0 radical (unpaired) electrons. The average molecular weight is 464 g/mol. The number of amides is 1. The molecule has 0 spiro atoms. The number of nitrogens with zero attached hydrogens (tertiary/aromatic N) is 5. The van der Waals surface area contributed by atoms with Gasteiger partial charge in [-0.25, -0.2) is 9.67 Å². The van der Waals surface area contributed by atoms with Gasteiger partial charge >= 0.3 is 0 Å². The SMILES string of the molecule is COc1ccc(-c2n[nH]c(=S)n2CCC(=O)NCc2ccc(-n3nc(C)cc3C)nc2)cc1. The Morgan fingerprint density at radius 1 is 1.18 bits per heavy atom. The zero-order chi connectivity index (χ0) is 23.4. The Morgan fingerprint density at radius 3 is 2.61 bits per heavy atom. The molecule has 0 aliphatic carbocycles. The van der Waals surface area contributed by atoms with Crippen LogP contribution >= 0.6 is 12.2 Å². The second kappa shape index (κ2) is 9.78. The van der Waals surface area contributed by atoms with Gasteiger partial charge in [0.15, 0.2) is 16.4 Å². The van der Waals surface area contributed by atoms with Crippen molar-refractivity contribution in [1.82, 2.24) is 34.8 Å². The number of nitrogens with one attached hydrogen (secondary N) is 2. The first-order chi connectivity index (χ1) is 15.9. The third-order valence-electron chi connectivity index (χ3n) is 5.19. The van der Waals surface area contributed by atoms with Crippen LogP contribution in [0.1, 0.15) is 23.4 Å². The van der Waals surface area contributed by atoms with Crippen LogP contribution in [-0.2, 0) is 17.9 Å². The molecule has 1 aromatic carbocycles. The molecule has 4 rings (SSSR count). The average Bonchev–Trinajstić information content (AvgIpc) is 3.37. The van der Waals surface area contributed by atoms with Crippen molar-refractivity contribution in [2.24, 2.45) is 0 Å². The topological polar surface area (TPSA) is 103 Å². The number of hydrogen-bond donors (Lipinski definition) is 2. The number of ether oxygens (including phenoxy) is 1. The molecule has 2 N–H and O–H groups in total. The summed E-state index contributed by atoms with van der Waals surface area (Å²) in [6.07, 6.45) is 2.02. The molecule has 0 aliphatic heterocycles. The van der Waals surface area contributed by atoms with E-state index in [0.717, 1.165) is 34.1 Å². The van der Waals surface area contributed by atoms with Crippen molar-refractivity contribution in [3.05, 3.63) is 70.4 Å². The van der Waals surface area contributed by atoms with Gasteiger partial charge in [-0.2, -0.15) is 10.2 Å². The Bertz CT molecular complexity index is 1300. The van der Waals surface area contributed by atoms with Crippen molar-refractivity contribution in [2.45, 2.75) is 33.4 Å². The van der Waals surface area contributed by atoms with E-state index in [9.17, 15) is 4.79 Å². The van der Waals surface area contributed by atoms with Gasteiger partial charge in [-0.15, -0.1) is 0 Å². The Kier molecular flexibility index (Phi) is 6.64. The number of carbonyl (C=O) groups is 1. The van der Waals surface area contributed by atoms with E-state index in [2.05, 4.69) is 25.6 Å². The van der Waals surface area contributed by atoms with Gasteiger partial charge in [-0.05, 0) is 68.0 Å². The molecule has 4 aromatic rings. The minimum atomic E-state index is -0.0820. The number of H-pyrrole nitrogens is 1. The number of aromatic nitrogens is 6. The van der Waals surface area contributed by atoms with E-state index in [1.165, 1.54) is 0 Å². The molecule has 33 heavy (non-hydrogen) atoms. The van der Waals surface area contributed by atoms with E-state index in [1.807, 2.05) is 60.9 Å². The number of aromatic amines is 1. The first-order valence-corrected chi connectivity index (χ1v) is 10.9. The van der Waals surface area contributed by atoms with Crippen LogP contribution in [0.25, 0.3) is 17.2 Å². The van der Waals surface area contributed by atoms with Crippen molar-refractivity contribution in [3.63, 3.8) is 0 Å². The zero-order valence-corrected chi connectivity index (χ0v) is 19.5. The van der Waals surface area contributed by atoms with Gasteiger partial charge in [0.2, 0.25) is 5.91 Å². The first-order valence-electron chi connectivity index (χ1n) is 10.5. The number of hydrogen-bond acceptors (Lipinski definition) is 6. The highest BCUT2D eigenvalue weighted by molar-refractivity contribution is 7.71. The summed E-state index contributed by atoms with van der Waals surface area (Å²) in [7, 11) is 1.62. The Balaban J connectivity index is 1.34. The van der Waals surface area contributed by atoms with Crippen molar-refractivity contribution >= 4 is 18.1 Å². The highest BCUT2D eigenvalue weighted by Gasteiger charge is 2.11. The van der Waals surface area contributed by atoms with Gasteiger partial charge in [0.05, 0.1) is 12.8 Å². The zero-order valence-electron chi connectivity index (χ0n) is 18.7. The minimum absolute atomic E-state index is 0.0820. The molecule has 170 valence electrons. The van der Waals surface area contributed by atoms with E-state index >= 15 is 0 Å². The molecule has 1 amide bonds. The highest BCUT2D eigenvalue weighted by Crippen LogP contribution is 2.21. The number of rotatable bonds is 8. The number of methoxy groups -OCH3 is 1. The monoisotopic (exact) mass is 463 g/mol. The largest absolute Gasteiger partial charge is 0.497 e. The van der Waals surface area contributed by atoms with Gasteiger partial charge in [-0.3, -0.25) is 14.5 Å². The molecule has 3 aromatic heterocycles. The molecule has 3 heterocycles. The number of carbonyl (C=O) groups excluding carboxylic acids is 1. The Labute approximate surface area is 196 Å². The maximum Gasteiger partial charge on any atom is 0.222 e. The fraction of sp³-hybridized carbons (Fsp3) is 0.261. The second-order valence-corrected chi connectivity index (χ2v) is 8.01. The van der Waals surface area contributed by atoms with Crippen LogP contribution in [0.4, 0.5) is 0 Å². The predicted octanol–water partition coefficient (Wildman–Crippen LogP) is 3.52. The Hall–Kier alpha value is -3.79. The van der Waals surface area contributed by atoms with E-state index < -0.39 is 0 Å². The lowest BCUT2D eigenvalue weighted by atomic mass is 10.2. The van der Waals surface area contributed by atoms with Gasteiger partial charge in [0, 0.05) is 37.0 Å². The first kappa shape index (κ1) is 22.4. The quantitative estimate of drug-likeness (QED) is 0.388. The standard InChI is InChI=1S/C23H25N7O2S/c1-15-12-16(2)30(28-15)20-9-4-17(13-24-20)14-25-21(31)10-11-29-22(26-27-23(29)33)18-5-7-19(32-3)8-6-18/h4-9,12-13H,10-11,14H2,1-3H3,(H,25,31)(H,27,33). The lowest BCUT2D eigenvalue weighted by Crippen LogP contribution is -2.24. The van der Waals surface area contributed by atoms with E-state index in [-0.39, 0.29) is 12.3 Å². The van der Waals surface area contributed by atoms with Crippen LogP contribution in [0.3, 0.4) is 0 Å². The molecule has 0 fully saturated rings. The van der Waals surface area contributed by atoms with Crippen LogP contribution in [-0.4, -0.2) is 42.5 Å². The van der Waals surface area contributed by atoms with Crippen LogP contribution in [0.5, 0.6) is 5.75 Å². The van der Waals surface area contributed by atoms with Crippen molar-refractivity contribution in [1.29, 1.82) is 0 Å². The maximum absolute atomic E-state index is 12.4. The summed E-state index contributed by atoms with van der Waals surface area (Å²) in [5.41, 5.74) is 3.76. The molecule has 10 heteroatoms. The van der Waals surface area contributed by atoms with Crippen molar-refractivity contribution in [3.8, 4) is 23.0 Å². The number of benzene rings is 1. The molecule has 0 aliphatic rings. The molecule has 0 bridgehead atoms. The number of aryl methyl sites for hydroxylation is 2. The molecular formula is C23H25N7O2S. The summed E-state index contributed by atoms with van der Waals surface area (Å²) in [5.74, 6) is 2.10. The predicted molar refractivity (Wildman–Crippen MR) is 127 cm³/mol. The molecular weight excluding hydrogens is 438 g/mol. The minimum Gasteiger partial charge on any atom is -0.497 e. The molecule has 0 saturated carbocycles.